The van der Waals surface area contributed by atoms with Crippen LogP contribution < -0.4 is 0 Å². The van der Waals surface area contributed by atoms with Crippen LogP contribution in [0.25, 0.3) is 0 Å². The summed E-state index contributed by atoms with van der Waals surface area (Å²) in [5, 5.41) is 0.739. The molecule has 2 aromatic carbocycles. The molecule has 0 aliphatic heterocycles. The Labute approximate surface area is 143 Å². The van der Waals surface area contributed by atoms with Gasteiger partial charge in [0.25, 0.3) is 0 Å². The summed E-state index contributed by atoms with van der Waals surface area (Å²) in [6, 6.07) is 14.8. The first-order chi connectivity index (χ1) is 10.8. The molecule has 2 rings (SSSR count). The van der Waals surface area contributed by atoms with Crippen LogP contribution >= 0.6 is 11.6 Å². The minimum absolute atomic E-state index is 0.311. The van der Waals surface area contributed by atoms with Gasteiger partial charge in [0, 0.05) is 32.2 Å². The van der Waals surface area contributed by atoms with E-state index in [9.17, 15) is 8.42 Å². The fraction of sp³-hybridized carbons (Fsp3) is 0.294. The van der Waals surface area contributed by atoms with Crippen LogP contribution in [0.15, 0.2) is 53.4 Å². The quantitative estimate of drug-likeness (QED) is 0.801. The molecule has 0 fully saturated rings. The fourth-order valence-corrected chi connectivity index (χ4v) is 3.47. The molecule has 0 aromatic heterocycles. The van der Waals surface area contributed by atoms with E-state index in [-0.39, 0.29) is 0 Å². The first-order valence-electron chi connectivity index (χ1n) is 7.24. The van der Waals surface area contributed by atoms with Gasteiger partial charge >= 0.3 is 0 Å². The number of hydrogen-bond acceptors (Lipinski definition) is 3. The Hall–Kier alpha value is -1.40. The lowest BCUT2D eigenvalue weighted by atomic mass is 10.2. The Kier molecular flexibility index (Phi) is 5.81. The van der Waals surface area contributed by atoms with Gasteiger partial charge in [0.05, 0.1) is 4.90 Å². The van der Waals surface area contributed by atoms with Crippen LogP contribution in [0, 0.1) is 0 Å². The van der Waals surface area contributed by atoms with Gasteiger partial charge in [0.15, 0.2) is 0 Å². The Bertz CT molecular complexity index is 776. The highest BCUT2D eigenvalue weighted by atomic mass is 35.5. The monoisotopic (exact) mass is 352 g/mol. The third-order valence-corrected chi connectivity index (χ3v) is 5.71. The topological polar surface area (TPSA) is 40.6 Å². The summed E-state index contributed by atoms with van der Waals surface area (Å²) in [6.45, 7) is 1.34. The van der Waals surface area contributed by atoms with Gasteiger partial charge in [0.2, 0.25) is 10.0 Å². The van der Waals surface area contributed by atoms with Crippen LogP contribution in [-0.2, 0) is 23.1 Å². The molecule has 4 nitrogen and oxygen atoms in total. The summed E-state index contributed by atoms with van der Waals surface area (Å²) < 4.78 is 25.6. The summed E-state index contributed by atoms with van der Waals surface area (Å²) in [7, 11) is 1.64. The first kappa shape index (κ1) is 17.9. The van der Waals surface area contributed by atoms with E-state index in [1.54, 1.807) is 18.2 Å². The maximum atomic E-state index is 12.2. The van der Waals surface area contributed by atoms with E-state index < -0.39 is 10.0 Å². The molecule has 124 valence electrons. The van der Waals surface area contributed by atoms with E-state index in [4.69, 9.17) is 11.6 Å². The molecular weight excluding hydrogens is 332 g/mol. The van der Waals surface area contributed by atoms with Crippen LogP contribution in [0.4, 0.5) is 0 Å². The lowest BCUT2D eigenvalue weighted by molar-refractivity contribution is 0.319. The van der Waals surface area contributed by atoms with Gasteiger partial charge in [0.1, 0.15) is 0 Å². The maximum absolute atomic E-state index is 12.2. The number of halogens is 1. The second-order valence-corrected chi connectivity index (χ2v) is 8.26. The summed E-state index contributed by atoms with van der Waals surface area (Å²) >= 11 is 6.18. The molecule has 2 aromatic rings. The van der Waals surface area contributed by atoms with E-state index in [1.807, 2.05) is 37.4 Å². The molecule has 0 aliphatic rings. The molecule has 0 saturated heterocycles. The molecule has 0 unspecified atom stereocenters. The molecule has 0 N–H and O–H groups in total. The molecule has 0 heterocycles. The predicted molar refractivity (Wildman–Crippen MR) is 93.9 cm³/mol. The Morgan fingerprint density at radius 1 is 0.957 bits per heavy atom. The van der Waals surface area contributed by atoms with E-state index >= 15 is 0 Å². The minimum atomic E-state index is -3.41. The van der Waals surface area contributed by atoms with Gasteiger partial charge in [-0.3, -0.25) is 4.90 Å². The molecule has 23 heavy (non-hydrogen) atoms. The van der Waals surface area contributed by atoms with E-state index in [0.29, 0.717) is 18.0 Å². The molecule has 6 heteroatoms. The summed E-state index contributed by atoms with van der Waals surface area (Å²) in [5.41, 5.74) is 2.00. The number of benzene rings is 2. The average Bonchev–Trinajstić information content (AvgIpc) is 2.49. The molecule has 0 spiro atoms. The van der Waals surface area contributed by atoms with Crippen molar-refractivity contribution in [2.75, 3.05) is 21.1 Å². The van der Waals surface area contributed by atoms with Gasteiger partial charge < -0.3 is 0 Å². The van der Waals surface area contributed by atoms with Gasteiger partial charge in [-0.05, 0) is 36.4 Å². The Balaban J connectivity index is 2.13. The normalized spacial score (nSPS) is 12.1. The smallest absolute Gasteiger partial charge is 0.242 e. The summed E-state index contributed by atoms with van der Waals surface area (Å²) in [4.78, 5) is 2.41. The summed E-state index contributed by atoms with van der Waals surface area (Å²) in [5.74, 6) is 0. The highest BCUT2D eigenvalue weighted by Crippen LogP contribution is 2.19. The minimum Gasteiger partial charge on any atom is -0.298 e. The first-order valence-corrected chi connectivity index (χ1v) is 9.06. The zero-order chi connectivity index (χ0) is 17.0. The second-order valence-electron chi connectivity index (χ2n) is 5.70. The van der Waals surface area contributed by atoms with Gasteiger partial charge in [-0.2, -0.15) is 0 Å². The molecule has 0 bridgehead atoms. The van der Waals surface area contributed by atoms with Gasteiger partial charge in [-0.25, -0.2) is 12.7 Å². The van der Waals surface area contributed by atoms with Crippen LogP contribution in [0.5, 0.6) is 0 Å². The fourth-order valence-electron chi connectivity index (χ4n) is 2.30. The van der Waals surface area contributed by atoms with Crippen molar-refractivity contribution in [1.82, 2.24) is 9.21 Å². The van der Waals surface area contributed by atoms with Crippen molar-refractivity contribution in [2.45, 2.75) is 18.0 Å². The van der Waals surface area contributed by atoms with Crippen molar-refractivity contribution in [3.63, 3.8) is 0 Å². The van der Waals surface area contributed by atoms with Crippen molar-refractivity contribution in [2.24, 2.45) is 0 Å². The molecule has 0 aliphatic carbocycles. The van der Waals surface area contributed by atoms with Crippen LogP contribution in [0.3, 0.4) is 0 Å². The SMILES string of the molecule is CN(Cc1cccc(S(=O)(=O)N(C)C)c1)Cc1ccccc1Cl. The molecule has 0 amide bonds. The molecule has 0 atom stereocenters. The highest BCUT2D eigenvalue weighted by Gasteiger charge is 2.17. The lowest BCUT2D eigenvalue weighted by Crippen LogP contribution is -2.22. The highest BCUT2D eigenvalue weighted by molar-refractivity contribution is 7.89. The second kappa shape index (κ2) is 7.45. The number of hydrogen-bond donors (Lipinski definition) is 0. The molecule has 0 radical (unpaired) electrons. The van der Waals surface area contributed by atoms with Crippen molar-refractivity contribution in [3.05, 3.63) is 64.7 Å². The third kappa shape index (κ3) is 4.54. The van der Waals surface area contributed by atoms with Crippen molar-refractivity contribution in [3.8, 4) is 0 Å². The number of rotatable bonds is 6. The third-order valence-electron chi connectivity index (χ3n) is 3.53. The van der Waals surface area contributed by atoms with Crippen LogP contribution in [-0.4, -0.2) is 38.8 Å². The summed E-state index contributed by atoms with van der Waals surface area (Å²) in [6.07, 6.45) is 0. The lowest BCUT2D eigenvalue weighted by Gasteiger charge is -2.18. The predicted octanol–water partition coefficient (Wildman–Crippen LogP) is 3.22. The molecule has 0 saturated carbocycles. The number of nitrogens with zero attached hydrogens (tertiary/aromatic N) is 2. The van der Waals surface area contributed by atoms with Crippen LogP contribution in [0.1, 0.15) is 11.1 Å². The van der Waals surface area contributed by atoms with E-state index in [1.165, 1.54) is 18.4 Å². The van der Waals surface area contributed by atoms with Crippen LogP contribution in [0.2, 0.25) is 5.02 Å². The van der Waals surface area contributed by atoms with E-state index in [2.05, 4.69) is 4.90 Å². The van der Waals surface area contributed by atoms with Gasteiger partial charge in [-0.1, -0.05) is 41.9 Å². The van der Waals surface area contributed by atoms with Gasteiger partial charge in [-0.15, -0.1) is 0 Å². The Morgan fingerprint density at radius 2 is 1.65 bits per heavy atom. The molecular formula is C17H21ClN2O2S. The van der Waals surface area contributed by atoms with Crippen molar-refractivity contribution in [1.29, 1.82) is 0 Å². The number of sulfonamides is 1. The zero-order valence-corrected chi connectivity index (χ0v) is 15.1. The average molecular weight is 353 g/mol. The van der Waals surface area contributed by atoms with Crippen molar-refractivity contribution >= 4 is 21.6 Å². The zero-order valence-electron chi connectivity index (χ0n) is 13.5. The van der Waals surface area contributed by atoms with E-state index in [0.717, 1.165) is 16.1 Å². The standard InChI is InChI=1S/C17H21ClN2O2S/c1-19(2)23(21,22)16-9-6-7-14(11-16)12-20(3)13-15-8-4-5-10-17(15)18/h4-11H,12-13H2,1-3H3. The van der Waals surface area contributed by atoms with Crippen molar-refractivity contribution < 1.29 is 8.42 Å². The Morgan fingerprint density at radius 3 is 2.30 bits per heavy atom. The largest absolute Gasteiger partial charge is 0.298 e. The maximum Gasteiger partial charge on any atom is 0.242 e.